The topological polar surface area (TPSA) is 26.0 Å². The molecule has 0 heterocycles. The van der Waals surface area contributed by atoms with Gasteiger partial charge in [-0.15, -0.1) is 0 Å². The maximum atomic E-state index is 5.69. The molecule has 1 unspecified atom stereocenters. The molecule has 0 aliphatic heterocycles. The van der Waals surface area contributed by atoms with E-state index >= 15 is 0 Å². The largest absolute Gasteiger partial charge is 0.328 e. The van der Waals surface area contributed by atoms with Crippen molar-refractivity contribution < 1.29 is 0 Å². The minimum atomic E-state index is 0.344. The Morgan fingerprint density at radius 2 is 2.00 bits per heavy atom. The molecule has 10 heavy (non-hydrogen) atoms. The standard InChI is InChI=1S/C9H20N/c1-3-5-6-7-8-9(10)4-2/h9H,2-8,10H2,1H3. The molecule has 0 saturated carbocycles. The highest BCUT2D eigenvalue weighted by Crippen LogP contribution is 2.05. The van der Waals surface area contributed by atoms with E-state index in [0.717, 1.165) is 12.8 Å². The van der Waals surface area contributed by atoms with Crippen molar-refractivity contribution in [2.24, 2.45) is 5.73 Å². The minimum absolute atomic E-state index is 0.344. The van der Waals surface area contributed by atoms with E-state index in [1.165, 1.54) is 25.7 Å². The zero-order valence-electron chi connectivity index (χ0n) is 7.10. The van der Waals surface area contributed by atoms with Crippen molar-refractivity contribution >= 4 is 0 Å². The van der Waals surface area contributed by atoms with E-state index in [2.05, 4.69) is 13.8 Å². The summed E-state index contributed by atoms with van der Waals surface area (Å²) >= 11 is 0. The SMILES string of the molecule is [CH2]CC(N)CCCCCC. The zero-order valence-corrected chi connectivity index (χ0v) is 7.10. The second-order valence-electron chi connectivity index (χ2n) is 2.90. The summed E-state index contributed by atoms with van der Waals surface area (Å²) in [5.74, 6) is 0. The first-order chi connectivity index (χ1) is 4.81. The fourth-order valence-corrected chi connectivity index (χ4v) is 0.978. The third-order valence-corrected chi connectivity index (χ3v) is 1.80. The Kier molecular flexibility index (Phi) is 7.04. The first-order valence-electron chi connectivity index (χ1n) is 4.36. The molecule has 0 aromatic carbocycles. The van der Waals surface area contributed by atoms with Gasteiger partial charge in [0, 0.05) is 6.04 Å². The highest BCUT2D eigenvalue weighted by atomic mass is 14.6. The number of unbranched alkanes of at least 4 members (excludes halogenated alkanes) is 3. The molecule has 0 saturated heterocycles. The van der Waals surface area contributed by atoms with E-state index < -0.39 is 0 Å². The van der Waals surface area contributed by atoms with E-state index in [1.54, 1.807) is 0 Å². The zero-order chi connectivity index (χ0) is 7.82. The maximum absolute atomic E-state index is 5.69. The van der Waals surface area contributed by atoms with Gasteiger partial charge < -0.3 is 5.73 Å². The summed E-state index contributed by atoms with van der Waals surface area (Å²) < 4.78 is 0. The molecule has 0 aromatic rings. The predicted octanol–water partition coefficient (Wildman–Crippen LogP) is 2.51. The average Bonchev–Trinajstić information content (AvgIpc) is 1.98. The van der Waals surface area contributed by atoms with Gasteiger partial charge >= 0.3 is 0 Å². The molecular weight excluding hydrogens is 122 g/mol. The van der Waals surface area contributed by atoms with Crippen molar-refractivity contribution in [3.63, 3.8) is 0 Å². The molecule has 0 bridgehead atoms. The van der Waals surface area contributed by atoms with Gasteiger partial charge in [-0.1, -0.05) is 39.5 Å². The van der Waals surface area contributed by atoms with Gasteiger partial charge in [-0.05, 0) is 12.8 Å². The maximum Gasteiger partial charge on any atom is 0.00388 e. The molecule has 0 fully saturated rings. The van der Waals surface area contributed by atoms with E-state index in [4.69, 9.17) is 5.73 Å². The summed E-state index contributed by atoms with van der Waals surface area (Å²) in [7, 11) is 0. The fourth-order valence-electron chi connectivity index (χ4n) is 0.978. The number of nitrogens with two attached hydrogens (primary N) is 1. The second kappa shape index (κ2) is 7.07. The van der Waals surface area contributed by atoms with Crippen LogP contribution in [-0.2, 0) is 0 Å². The van der Waals surface area contributed by atoms with Gasteiger partial charge in [-0.25, -0.2) is 0 Å². The van der Waals surface area contributed by atoms with Crippen molar-refractivity contribution in [3.05, 3.63) is 6.92 Å². The molecule has 1 atom stereocenters. The van der Waals surface area contributed by atoms with Crippen LogP contribution in [0, 0.1) is 6.92 Å². The van der Waals surface area contributed by atoms with Gasteiger partial charge in [0.2, 0.25) is 0 Å². The smallest absolute Gasteiger partial charge is 0.00388 e. The van der Waals surface area contributed by atoms with Crippen molar-refractivity contribution in [1.82, 2.24) is 0 Å². The molecule has 1 heteroatoms. The van der Waals surface area contributed by atoms with Crippen LogP contribution in [0.5, 0.6) is 0 Å². The molecule has 1 nitrogen and oxygen atoms in total. The summed E-state index contributed by atoms with van der Waals surface area (Å²) in [4.78, 5) is 0. The lowest BCUT2D eigenvalue weighted by molar-refractivity contribution is 0.551. The lowest BCUT2D eigenvalue weighted by Gasteiger charge is -2.06. The monoisotopic (exact) mass is 142 g/mol. The van der Waals surface area contributed by atoms with Crippen molar-refractivity contribution in [2.45, 2.75) is 51.5 Å². The molecule has 2 N–H and O–H groups in total. The molecule has 0 aliphatic rings. The number of rotatable bonds is 6. The van der Waals surface area contributed by atoms with Crippen LogP contribution in [0.3, 0.4) is 0 Å². The molecule has 0 spiro atoms. The van der Waals surface area contributed by atoms with Gasteiger partial charge in [-0.3, -0.25) is 0 Å². The van der Waals surface area contributed by atoms with Crippen molar-refractivity contribution in [1.29, 1.82) is 0 Å². The highest BCUT2D eigenvalue weighted by Gasteiger charge is 1.96. The Hall–Kier alpha value is -0.0400. The van der Waals surface area contributed by atoms with Crippen LogP contribution >= 0.6 is 0 Å². The van der Waals surface area contributed by atoms with Crippen molar-refractivity contribution in [3.8, 4) is 0 Å². The van der Waals surface area contributed by atoms with E-state index in [1.807, 2.05) is 0 Å². The average molecular weight is 142 g/mol. The first kappa shape index (κ1) is 9.96. The van der Waals surface area contributed by atoms with E-state index in [-0.39, 0.29) is 0 Å². The van der Waals surface area contributed by atoms with E-state index in [0.29, 0.717) is 6.04 Å². The van der Waals surface area contributed by atoms with Crippen LogP contribution < -0.4 is 5.73 Å². The second-order valence-corrected chi connectivity index (χ2v) is 2.90. The summed E-state index contributed by atoms with van der Waals surface area (Å²) in [6.45, 7) is 5.98. The summed E-state index contributed by atoms with van der Waals surface area (Å²) in [5.41, 5.74) is 5.69. The Balaban J connectivity index is 2.89. The lowest BCUT2D eigenvalue weighted by atomic mass is 10.1. The van der Waals surface area contributed by atoms with Gasteiger partial charge in [0.25, 0.3) is 0 Å². The lowest BCUT2D eigenvalue weighted by Crippen LogP contribution is -2.17. The third kappa shape index (κ3) is 6.09. The molecule has 0 amide bonds. The number of hydrogen-bond donors (Lipinski definition) is 1. The van der Waals surface area contributed by atoms with E-state index in [9.17, 15) is 0 Å². The van der Waals surface area contributed by atoms with Crippen LogP contribution in [0.1, 0.15) is 45.4 Å². The summed E-state index contributed by atoms with van der Waals surface area (Å²) in [6, 6.07) is 0.344. The van der Waals surface area contributed by atoms with Crippen LogP contribution in [0.15, 0.2) is 0 Å². The Morgan fingerprint density at radius 3 is 2.50 bits per heavy atom. The van der Waals surface area contributed by atoms with Crippen molar-refractivity contribution in [2.75, 3.05) is 0 Å². The van der Waals surface area contributed by atoms with Crippen LogP contribution in [0.2, 0.25) is 0 Å². The summed E-state index contributed by atoms with van der Waals surface area (Å²) in [6.07, 6.45) is 7.31. The van der Waals surface area contributed by atoms with Crippen LogP contribution in [-0.4, -0.2) is 6.04 Å². The Morgan fingerprint density at radius 1 is 1.30 bits per heavy atom. The van der Waals surface area contributed by atoms with Crippen LogP contribution in [0.4, 0.5) is 0 Å². The molecule has 0 aromatic heterocycles. The molecule has 61 valence electrons. The fraction of sp³-hybridized carbons (Fsp3) is 0.889. The Bertz CT molecular complexity index is 61.7. The molecule has 0 aliphatic carbocycles. The summed E-state index contributed by atoms with van der Waals surface area (Å²) in [5, 5.41) is 0. The van der Waals surface area contributed by atoms with Crippen LogP contribution in [0.25, 0.3) is 0 Å². The first-order valence-corrected chi connectivity index (χ1v) is 4.36. The minimum Gasteiger partial charge on any atom is -0.328 e. The van der Waals surface area contributed by atoms with Gasteiger partial charge in [0.1, 0.15) is 0 Å². The quantitative estimate of drug-likeness (QED) is 0.566. The predicted molar refractivity (Wildman–Crippen MR) is 46.7 cm³/mol. The Labute approximate surface area is 65.0 Å². The normalized spacial score (nSPS) is 13.5. The molecular formula is C9H20N. The highest BCUT2D eigenvalue weighted by molar-refractivity contribution is 4.61. The molecule has 0 rings (SSSR count). The third-order valence-electron chi connectivity index (χ3n) is 1.80. The van der Waals surface area contributed by atoms with Gasteiger partial charge in [0.15, 0.2) is 0 Å². The number of hydrogen-bond acceptors (Lipinski definition) is 1. The van der Waals surface area contributed by atoms with Gasteiger partial charge in [-0.2, -0.15) is 0 Å². The van der Waals surface area contributed by atoms with Gasteiger partial charge in [0.05, 0.1) is 0 Å². The molecule has 1 radical (unpaired) electrons.